The van der Waals surface area contributed by atoms with Gasteiger partial charge in [-0.2, -0.15) is 0 Å². The Morgan fingerprint density at radius 2 is 1.88 bits per heavy atom. The molecule has 3 unspecified atom stereocenters. The molecule has 1 saturated carbocycles. The number of piperidine rings is 1. The third-order valence-electron chi connectivity index (χ3n) is 4.68. The number of rotatable bonds is 1. The number of hydrogen-bond donors (Lipinski definition) is 1. The van der Waals surface area contributed by atoms with E-state index in [0.717, 1.165) is 25.6 Å². The van der Waals surface area contributed by atoms with Crippen LogP contribution in [0.1, 0.15) is 38.5 Å². The fraction of sp³-hybridized carbons (Fsp3) is 0.923. The molecule has 1 aliphatic carbocycles. The number of hydrogen-bond acceptors (Lipinski definition) is 2. The fourth-order valence-electron chi connectivity index (χ4n) is 3.77. The fourth-order valence-corrected chi connectivity index (χ4v) is 3.77. The van der Waals surface area contributed by atoms with Crippen LogP contribution in [0.25, 0.3) is 0 Å². The van der Waals surface area contributed by atoms with Crippen molar-refractivity contribution in [3.63, 3.8) is 0 Å². The van der Waals surface area contributed by atoms with Gasteiger partial charge in [-0.1, -0.05) is 6.42 Å². The number of likely N-dealkylation sites (tertiary alicyclic amines) is 1. The second-order valence-corrected chi connectivity index (χ2v) is 5.63. The second kappa shape index (κ2) is 4.36. The van der Waals surface area contributed by atoms with Crippen LogP contribution in [0.3, 0.4) is 0 Å². The van der Waals surface area contributed by atoms with Crippen molar-refractivity contribution < 1.29 is 4.79 Å². The molecule has 1 amide bonds. The zero-order chi connectivity index (χ0) is 11.0. The minimum Gasteiger partial charge on any atom is -0.341 e. The molecule has 0 radical (unpaired) electrons. The molecule has 0 bridgehead atoms. The van der Waals surface area contributed by atoms with Crippen molar-refractivity contribution in [3.8, 4) is 0 Å². The topological polar surface area (TPSA) is 32.3 Å². The predicted molar refractivity (Wildman–Crippen MR) is 63.1 cm³/mol. The molecule has 0 spiro atoms. The number of amides is 1. The van der Waals surface area contributed by atoms with Crippen molar-refractivity contribution in [3.05, 3.63) is 0 Å². The summed E-state index contributed by atoms with van der Waals surface area (Å²) in [6.45, 7) is 3.07. The highest BCUT2D eigenvalue weighted by Crippen LogP contribution is 2.38. The average Bonchev–Trinajstić information content (AvgIpc) is 2.91. The van der Waals surface area contributed by atoms with Crippen LogP contribution >= 0.6 is 0 Å². The Bertz CT molecular complexity index is 273. The summed E-state index contributed by atoms with van der Waals surface area (Å²) < 4.78 is 0. The molecule has 16 heavy (non-hydrogen) atoms. The lowest BCUT2D eigenvalue weighted by Gasteiger charge is -2.31. The Morgan fingerprint density at radius 3 is 2.69 bits per heavy atom. The van der Waals surface area contributed by atoms with Crippen molar-refractivity contribution in [2.45, 2.75) is 44.6 Å². The van der Waals surface area contributed by atoms with Gasteiger partial charge < -0.3 is 10.2 Å². The molecule has 3 atom stereocenters. The first-order chi connectivity index (χ1) is 7.86. The molecule has 3 rings (SSSR count). The van der Waals surface area contributed by atoms with Crippen molar-refractivity contribution >= 4 is 5.91 Å². The molecule has 0 aromatic heterocycles. The Labute approximate surface area is 97.6 Å². The summed E-state index contributed by atoms with van der Waals surface area (Å²) >= 11 is 0. The van der Waals surface area contributed by atoms with E-state index in [-0.39, 0.29) is 6.04 Å². The van der Waals surface area contributed by atoms with Crippen LogP contribution in [0, 0.1) is 11.8 Å². The summed E-state index contributed by atoms with van der Waals surface area (Å²) in [7, 11) is 0. The highest BCUT2D eigenvalue weighted by atomic mass is 16.2. The number of nitrogens with one attached hydrogen (secondary N) is 1. The predicted octanol–water partition coefficient (Wildman–Crippen LogP) is 1.39. The number of fused-ring (bicyclic) bond motifs is 1. The normalized spacial score (nSPS) is 38.8. The van der Waals surface area contributed by atoms with Crippen LogP contribution < -0.4 is 5.32 Å². The van der Waals surface area contributed by atoms with Crippen molar-refractivity contribution in [2.75, 3.05) is 19.6 Å². The molecule has 3 fully saturated rings. The molecule has 3 nitrogen and oxygen atoms in total. The number of carbonyl (C=O) groups excluding carboxylic acids is 1. The molecule has 3 aliphatic rings. The average molecular weight is 222 g/mol. The van der Waals surface area contributed by atoms with Crippen LogP contribution in [0.5, 0.6) is 0 Å². The number of carbonyl (C=O) groups is 1. The minimum absolute atomic E-state index is 0.158. The summed E-state index contributed by atoms with van der Waals surface area (Å²) in [5.41, 5.74) is 0. The molecule has 2 aliphatic heterocycles. The van der Waals surface area contributed by atoms with Gasteiger partial charge in [0.2, 0.25) is 5.91 Å². The molecular weight excluding hydrogens is 200 g/mol. The van der Waals surface area contributed by atoms with Gasteiger partial charge in [-0.15, -0.1) is 0 Å². The molecule has 2 heterocycles. The lowest BCUT2D eigenvalue weighted by molar-refractivity contribution is -0.135. The van der Waals surface area contributed by atoms with Gasteiger partial charge in [0.25, 0.3) is 0 Å². The van der Waals surface area contributed by atoms with E-state index in [2.05, 4.69) is 10.2 Å². The molecule has 1 N–H and O–H groups in total. The third-order valence-corrected chi connectivity index (χ3v) is 4.68. The zero-order valence-electron chi connectivity index (χ0n) is 9.95. The highest BCUT2D eigenvalue weighted by Gasteiger charge is 2.43. The maximum absolute atomic E-state index is 12.4. The highest BCUT2D eigenvalue weighted by molar-refractivity contribution is 5.82. The van der Waals surface area contributed by atoms with Crippen LogP contribution in [0.2, 0.25) is 0 Å². The monoisotopic (exact) mass is 222 g/mol. The first kappa shape index (κ1) is 10.6. The molecule has 0 aromatic carbocycles. The smallest absolute Gasteiger partial charge is 0.240 e. The summed E-state index contributed by atoms with van der Waals surface area (Å²) in [6, 6.07) is 0.158. The molecule has 2 saturated heterocycles. The summed E-state index contributed by atoms with van der Waals surface area (Å²) in [5.74, 6) is 1.84. The first-order valence-electron chi connectivity index (χ1n) is 6.88. The lowest BCUT2D eigenvalue weighted by atomic mass is 9.93. The van der Waals surface area contributed by atoms with Gasteiger partial charge in [0, 0.05) is 13.1 Å². The van der Waals surface area contributed by atoms with E-state index >= 15 is 0 Å². The van der Waals surface area contributed by atoms with E-state index in [1.54, 1.807) is 0 Å². The lowest BCUT2D eigenvalue weighted by Crippen LogP contribution is -2.48. The Hall–Kier alpha value is -0.570. The summed E-state index contributed by atoms with van der Waals surface area (Å²) in [6.07, 6.45) is 7.64. The van der Waals surface area contributed by atoms with Gasteiger partial charge in [0.15, 0.2) is 0 Å². The summed E-state index contributed by atoms with van der Waals surface area (Å²) in [5, 5.41) is 3.46. The van der Waals surface area contributed by atoms with Gasteiger partial charge in [0.05, 0.1) is 6.04 Å². The second-order valence-electron chi connectivity index (χ2n) is 5.63. The maximum atomic E-state index is 12.4. The van der Waals surface area contributed by atoms with E-state index < -0.39 is 0 Å². The largest absolute Gasteiger partial charge is 0.341 e. The van der Waals surface area contributed by atoms with Gasteiger partial charge in [-0.25, -0.2) is 0 Å². The molecule has 0 aromatic rings. The van der Waals surface area contributed by atoms with Crippen molar-refractivity contribution in [1.29, 1.82) is 0 Å². The molecule has 90 valence electrons. The van der Waals surface area contributed by atoms with E-state index in [9.17, 15) is 4.79 Å². The first-order valence-corrected chi connectivity index (χ1v) is 6.88. The SMILES string of the molecule is O=C(C1NCC2CCCC21)N1CCCCC1. The van der Waals surface area contributed by atoms with Gasteiger partial charge >= 0.3 is 0 Å². The number of nitrogens with zero attached hydrogens (tertiary/aromatic N) is 1. The van der Waals surface area contributed by atoms with Crippen LogP contribution in [0.4, 0.5) is 0 Å². The van der Waals surface area contributed by atoms with Gasteiger partial charge in [0.1, 0.15) is 0 Å². The Balaban J connectivity index is 1.65. The van der Waals surface area contributed by atoms with Gasteiger partial charge in [-0.3, -0.25) is 4.79 Å². The summed E-state index contributed by atoms with van der Waals surface area (Å²) in [4.78, 5) is 14.5. The van der Waals surface area contributed by atoms with E-state index in [1.807, 2.05) is 0 Å². The van der Waals surface area contributed by atoms with E-state index in [4.69, 9.17) is 0 Å². The van der Waals surface area contributed by atoms with Crippen LogP contribution in [0.15, 0.2) is 0 Å². The minimum atomic E-state index is 0.158. The van der Waals surface area contributed by atoms with E-state index in [0.29, 0.717) is 11.8 Å². The van der Waals surface area contributed by atoms with Crippen molar-refractivity contribution in [1.82, 2.24) is 10.2 Å². The van der Waals surface area contributed by atoms with Crippen LogP contribution in [-0.4, -0.2) is 36.5 Å². The third kappa shape index (κ3) is 1.75. The Morgan fingerprint density at radius 1 is 1.06 bits per heavy atom. The quantitative estimate of drug-likeness (QED) is 0.727. The van der Waals surface area contributed by atoms with Crippen molar-refractivity contribution in [2.24, 2.45) is 11.8 Å². The standard InChI is InChI=1S/C13H22N2O/c16-13(15-7-2-1-3-8-15)12-11-6-4-5-10(11)9-14-12/h10-12,14H,1-9H2. The van der Waals surface area contributed by atoms with Gasteiger partial charge in [-0.05, 0) is 50.5 Å². The molecule has 3 heteroatoms. The maximum Gasteiger partial charge on any atom is 0.240 e. The van der Waals surface area contributed by atoms with E-state index in [1.165, 1.54) is 38.5 Å². The molecular formula is C13H22N2O. The zero-order valence-corrected chi connectivity index (χ0v) is 9.95. The Kier molecular flexibility index (Phi) is 2.88. The van der Waals surface area contributed by atoms with Crippen LogP contribution in [-0.2, 0) is 4.79 Å².